The molecule has 0 aromatic carbocycles. The quantitative estimate of drug-likeness (QED) is 0.756. The molecular weight excluding hydrogens is 230 g/mol. The maximum absolute atomic E-state index is 10.2. The molecule has 2 rings (SSSR count). The van der Waals surface area contributed by atoms with Crippen LogP contribution in [-0.4, -0.2) is 49.2 Å². The van der Waals surface area contributed by atoms with Gasteiger partial charge in [-0.15, -0.1) is 0 Å². The van der Waals surface area contributed by atoms with Crippen LogP contribution in [0.25, 0.3) is 0 Å². The third-order valence-corrected chi connectivity index (χ3v) is 4.37. The molecule has 1 aliphatic heterocycles. The fourth-order valence-electron chi connectivity index (χ4n) is 2.90. The van der Waals surface area contributed by atoms with Gasteiger partial charge in [0.15, 0.2) is 0 Å². The minimum atomic E-state index is -0.679. The molecule has 0 radical (unpaired) electrons. The second kappa shape index (κ2) is 5.87. The van der Waals surface area contributed by atoms with Crippen molar-refractivity contribution in [3.8, 4) is 0 Å². The average molecular weight is 257 g/mol. The van der Waals surface area contributed by atoms with Crippen molar-refractivity contribution in [2.75, 3.05) is 26.9 Å². The molecule has 0 bridgehead atoms. The van der Waals surface area contributed by atoms with E-state index in [2.05, 4.69) is 5.32 Å². The van der Waals surface area contributed by atoms with Gasteiger partial charge in [-0.1, -0.05) is 0 Å². The number of hydrogen-bond acceptors (Lipinski definition) is 4. The monoisotopic (exact) mass is 257 g/mol. The fourth-order valence-corrected chi connectivity index (χ4v) is 2.90. The van der Waals surface area contributed by atoms with Gasteiger partial charge in [0, 0.05) is 39.3 Å². The number of rotatable bonds is 6. The van der Waals surface area contributed by atoms with Gasteiger partial charge < -0.3 is 19.9 Å². The lowest BCUT2D eigenvalue weighted by Gasteiger charge is -2.47. The van der Waals surface area contributed by atoms with E-state index >= 15 is 0 Å². The second-order valence-electron chi connectivity index (χ2n) is 6.20. The lowest BCUT2D eigenvalue weighted by Crippen LogP contribution is -2.53. The molecule has 0 amide bonds. The van der Waals surface area contributed by atoms with Crippen molar-refractivity contribution >= 4 is 0 Å². The van der Waals surface area contributed by atoms with Crippen LogP contribution >= 0.6 is 0 Å². The highest BCUT2D eigenvalue weighted by molar-refractivity contribution is 4.96. The summed E-state index contributed by atoms with van der Waals surface area (Å²) in [6.07, 6.45) is 6.56. The van der Waals surface area contributed by atoms with Crippen LogP contribution in [0.4, 0.5) is 0 Å². The fraction of sp³-hybridized carbons (Fsp3) is 1.00. The van der Waals surface area contributed by atoms with Crippen molar-refractivity contribution in [1.29, 1.82) is 0 Å². The molecular formula is C14H27NO3. The van der Waals surface area contributed by atoms with Crippen molar-refractivity contribution in [1.82, 2.24) is 5.32 Å². The van der Waals surface area contributed by atoms with E-state index in [0.717, 1.165) is 19.4 Å². The molecule has 2 atom stereocenters. The first-order valence-electron chi connectivity index (χ1n) is 7.14. The third kappa shape index (κ3) is 3.67. The Morgan fingerprint density at radius 3 is 2.89 bits per heavy atom. The van der Waals surface area contributed by atoms with Crippen LogP contribution < -0.4 is 5.32 Å². The lowest BCUT2D eigenvalue weighted by molar-refractivity contribution is -0.136. The van der Waals surface area contributed by atoms with Crippen LogP contribution in [-0.2, 0) is 9.47 Å². The topological polar surface area (TPSA) is 50.7 Å². The van der Waals surface area contributed by atoms with Gasteiger partial charge in [-0.25, -0.2) is 0 Å². The minimum Gasteiger partial charge on any atom is -0.389 e. The van der Waals surface area contributed by atoms with Crippen LogP contribution in [0.3, 0.4) is 0 Å². The van der Waals surface area contributed by atoms with E-state index in [1.165, 1.54) is 19.3 Å². The summed E-state index contributed by atoms with van der Waals surface area (Å²) in [6.45, 7) is 3.97. The van der Waals surface area contributed by atoms with E-state index in [-0.39, 0.29) is 5.60 Å². The molecule has 2 aliphatic rings. The molecule has 4 nitrogen and oxygen atoms in total. The maximum Gasteiger partial charge on any atom is 0.0765 e. The molecule has 0 aromatic heterocycles. The summed E-state index contributed by atoms with van der Waals surface area (Å²) in [4.78, 5) is 0. The highest BCUT2D eigenvalue weighted by atomic mass is 16.5. The van der Waals surface area contributed by atoms with E-state index in [9.17, 15) is 5.11 Å². The summed E-state index contributed by atoms with van der Waals surface area (Å²) in [6, 6.07) is 0.494. The Labute approximate surface area is 110 Å². The van der Waals surface area contributed by atoms with Gasteiger partial charge in [0.2, 0.25) is 0 Å². The van der Waals surface area contributed by atoms with Gasteiger partial charge in [0.1, 0.15) is 0 Å². The number of ether oxygens (including phenoxy) is 2. The van der Waals surface area contributed by atoms with Gasteiger partial charge in [-0.05, 0) is 39.0 Å². The molecule has 106 valence electrons. The normalized spacial score (nSPS) is 29.8. The van der Waals surface area contributed by atoms with Crippen molar-refractivity contribution < 1.29 is 14.6 Å². The van der Waals surface area contributed by atoms with E-state index < -0.39 is 5.60 Å². The minimum absolute atomic E-state index is 0.175. The van der Waals surface area contributed by atoms with Crippen LogP contribution in [0.15, 0.2) is 0 Å². The van der Waals surface area contributed by atoms with Crippen molar-refractivity contribution in [3.63, 3.8) is 0 Å². The van der Waals surface area contributed by atoms with Gasteiger partial charge in [-0.2, -0.15) is 0 Å². The first-order chi connectivity index (χ1) is 8.55. The predicted molar refractivity (Wildman–Crippen MR) is 70.7 cm³/mol. The first-order valence-corrected chi connectivity index (χ1v) is 7.14. The molecule has 1 spiro atoms. The Kier molecular flexibility index (Phi) is 4.64. The van der Waals surface area contributed by atoms with Gasteiger partial charge in [0.05, 0.1) is 11.2 Å². The summed E-state index contributed by atoms with van der Waals surface area (Å²) >= 11 is 0. The molecule has 2 unspecified atom stereocenters. The zero-order valence-corrected chi connectivity index (χ0v) is 11.7. The summed E-state index contributed by atoms with van der Waals surface area (Å²) in [5.41, 5.74) is -0.505. The molecule has 2 fully saturated rings. The van der Waals surface area contributed by atoms with E-state index in [0.29, 0.717) is 25.6 Å². The highest BCUT2D eigenvalue weighted by Gasteiger charge is 2.42. The Hall–Kier alpha value is -0.160. The van der Waals surface area contributed by atoms with E-state index in [4.69, 9.17) is 9.47 Å². The van der Waals surface area contributed by atoms with Gasteiger partial charge in [-0.3, -0.25) is 0 Å². The van der Waals surface area contributed by atoms with Gasteiger partial charge in [0.25, 0.3) is 0 Å². The summed E-state index contributed by atoms with van der Waals surface area (Å²) in [7, 11) is 1.67. The molecule has 18 heavy (non-hydrogen) atoms. The Bertz CT molecular complexity index is 264. The van der Waals surface area contributed by atoms with Crippen LogP contribution in [0.5, 0.6) is 0 Å². The average Bonchev–Trinajstić information content (AvgIpc) is 2.33. The molecule has 1 saturated heterocycles. The Balaban J connectivity index is 1.72. The Morgan fingerprint density at radius 2 is 2.28 bits per heavy atom. The SMILES string of the molecule is COCCC(C)(O)CNC1CCOC2(CCC2)C1. The zero-order chi connectivity index (χ0) is 13.1. The number of nitrogens with one attached hydrogen (secondary N) is 1. The van der Waals surface area contributed by atoms with Crippen molar-refractivity contribution in [2.45, 2.75) is 62.7 Å². The standard InChI is InChI=1S/C14H27NO3/c1-13(16,7-9-17-2)11-15-12-4-8-18-14(10-12)5-3-6-14/h12,15-16H,3-11H2,1-2H3. The van der Waals surface area contributed by atoms with Crippen molar-refractivity contribution in [3.05, 3.63) is 0 Å². The van der Waals surface area contributed by atoms with E-state index in [1.807, 2.05) is 6.92 Å². The van der Waals surface area contributed by atoms with Gasteiger partial charge >= 0.3 is 0 Å². The summed E-state index contributed by atoms with van der Waals surface area (Å²) < 4.78 is 10.9. The highest BCUT2D eigenvalue weighted by Crippen LogP contribution is 2.42. The van der Waals surface area contributed by atoms with Crippen LogP contribution in [0.2, 0.25) is 0 Å². The number of methoxy groups -OCH3 is 1. The number of aliphatic hydroxyl groups is 1. The zero-order valence-electron chi connectivity index (χ0n) is 11.7. The largest absolute Gasteiger partial charge is 0.389 e. The first kappa shape index (κ1) is 14.3. The van der Waals surface area contributed by atoms with Crippen molar-refractivity contribution in [2.24, 2.45) is 0 Å². The third-order valence-electron chi connectivity index (χ3n) is 4.37. The predicted octanol–water partition coefficient (Wildman–Crippen LogP) is 1.47. The summed E-state index contributed by atoms with van der Waals surface area (Å²) in [5, 5.41) is 13.7. The number of hydrogen-bond donors (Lipinski definition) is 2. The second-order valence-corrected chi connectivity index (χ2v) is 6.20. The smallest absolute Gasteiger partial charge is 0.0765 e. The van der Waals surface area contributed by atoms with Crippen LogP contribution in [0.1, 0.15) is 45.4 Å². The molecule has 1 heterocycles. The van der Waals surface area contributed by atoms with E-state index in [1.54, 1.807) is 7.11 Å². The molecule has 4 heteroatoms. The van der Waals surface area contributed by atoms with Crippen LogP contribution in [0, 0.1) is 0 Å². The molecule has 2 N–H and O–H groups in total. The lowest BCUT2D eigenvalue weighted by atomic mass is 9.74. The maximum atomic E-state index is 10.2. The molecule has 1 aliphatic carbocycles. The molecule has 1 saturated carbocycles. The summed E-state index contributed by atoms with van der Waals surface area (Å²) in [5.74, 6) is 0. The Morgan fingerprint density at radius 1 is 1.50 bits per heavy atom. The molecule has 0 aromatic rings.